The molecule has 0 aromatic rings. The van der Waals surface area contributed by atoms with Crippen molar-refractivity contribution in [2.75, 3.05) is 0 Å². The van der Waals surface area contributed by atoms with E-state index in [0.29, 0.717) is 6.04 Å². The first-order valence-corrected chi connectivity index (χ1v) is 4.54. The largest absolute Gasteiger partial charge is 0.343 e. The quantitative estimate of drug-likeness (QED) is 0.659. The van der Waals surface area contributed by atoms with E-state index in [0.717, 1.165) is 12.8 Å². The predicted molar refractivity (Wildman–Crippen MR) is 47.1 cm³/mol. The van der Waals surface area contributed by atoms with Crippen LogP contribution in [-0.4, -0.2) is 11.9 Å². The molecule has 0 aromatic carbocycles. The molecule has 2 nitrogen and oxygen atoms in total. The summed E-state index contributed by atoms with van der Waals surface area (Å²) in [5.74, 6) is 2.22. The molecule has 3 heteroatoms. The Balaban J connectivity index is 2.27. The van der Waals surface area contributed by atoms with Crippen LogP contribution in [0.1, 0.15) is 25.7 Å². The molecule has 0 radical (unpaired) electrons. The molecule has 0 aromatic heterocycles. The minimum atomic E-state index is -0.172. The smallest absolute Gasteiger partial charge is 0.296 e. The molecule has 11 heavy (non-hydrogen) atoms. The molecule has 0 heterocycles. The third-order valence-electron chi connectivity index (χ3n) is 1.85. The highest BCUT2D eigenvalue weighted by Crippen LogP contribution is 2.17. The van der Waals surface area contributed by atoms with Gasteiger partial charge in [0.25, 0.3) is 5.91 Å². The zero-order valence-corrected chi connectivity index (χ0v) is 7.78. The summed E-state index contributed by atoms with van der Waals surface area (Å²) in [4.78, 5) is 13.3. The maximum absolute atomic E-state index is 10.9. The van der Waals surface area contributed by atoms with E-state index in [9.17, 15) is 4.79 Å². The molecule has 0 bridgehead atoms. The van der Waals surface area contributed by atoms with Gasteiger partial charge in [-0.25, -0.2) is 0 Å². The Hall–Kier alpha value is -0.490. The highest BCUT2D eigenvalue weighted by Gasteiger charge is 2.15. The third-order valence-corrected chi connectivity index (χ3v) is 2.05. The zero-order valence-electron chi connectivity index (χ0n) is 6.19. The number of hydrogen-bond acceptors (Lipinski definition) is 1. The lowest BCUT2D eigenvalue weighted by Crippen LogP contribution is -2.31. The number of rotatable bonds is 1. The van der Waals surface area contributed by atoms with Crippen molar-refractivity contribution in [1.29, 1.82) is 0 Å². The maximum Gasteiger partial charge on any atom is 0.296 e. The van der Waals surface area contributed by atoms with E-state index < -0.39 is 0 Å². The van der Waals surface area contributed by atoms with Crippen molar-refractivity contribution in [3.8, 4) is 10.8 Å². The number of carbonyl (C=O) groups excluding carboxylic acids is 1. The van der Waals surface area contributed by atoms with E-state index >= 15 is 0 Å². The number of hydrogen-bond donors (Lipinski definition) is 1. The molecule has 1 aliphatic rings. The van der Waals surface area contributed by atoms with Crippen LogP contribution < -0.4 is 5.32 Å². The highest BCUT2D eigenvalue weighted by atomic mass is 79.9. The molecule has 0 spiro atoms. The monoisotopic (exact) mass is 215 g/mol. The summed E-state index contributed by atoms with van der Waals surface area (Å²) in [6.45, 7) is 0. The molecule has 1 N–H and O–H groups in total. The van der Waals surface area contributed by atoms with Crippen molar-refractivity contribution in [3.63, 3.8) is 0 Å². The van der Waals surface area contributed by atoms with E-state index in [2.05, 4.69) is 32.0 Å². The molecule has 0 saturated heterocycles. The van der Waals surface area contributed by atoms with Crippen molar-refractivity contribution in [2.24, 2.45) is 0 Å². The highest BCUT2D eigenvalue weighted by molar-refractivity contribution is 9.12. The molecule has 0 atom stereocenters. The van der Waals surface area contributed by atoms with Gasteiger partial charge in [-0.2, -0.15) is 0 Å². The number of carbonyl (C=O) groups is 1. The standard InChI is InChI=1S/C8H10BrNO/c9-6-5-8(11)10-7-3-1-2-4-7/h7H,1-4H2,(H,10,11). The van der Waals surface area contributed by atoms with Crippen LogP contribution in [0.3, 0.4) is 0 Å². The first-order chi connectivity index (χ1) is 5.33. The van der Waals surface area contributed by atoms with Gasteiger partial charge in [0.05, 0.1) is 0 Å². The molecular weight excluding hydrogens is 206 g/mol. The van der Waals surface area contributed by atoms with E-state index in [1.54, 1.807) is 0 Å². The van der Waals surface area contributed by atoms with Gasteiger partial charge in [-0.05, 0) is 17.7 Å². The molecular formula is C8H10BrNO. The summed E-state index contributed by atoms with van der Waals surface area (Å²) in [6.07, 6.45) is 4.67. The molecule has 1 rings (SSSR count). The second kappa shape index (κ2) is 4.40. The van der Waals surface area contributed by atoms with Crippen molar-refractivity contribution < 1.29 is 4.79 Å². The van der Waals surface area contributed by atoms with Crippen molar-refractivity contribution in [3.05, 3.63) is 0 Å². The lowest BCUT2D eigenvalue weighted by Gasteiger charge is -2.07. The van der Waals surface area contributed by atoms with E-state index in [1.165, 1.54) is 12.8 Å². The minimum Gasteiger partial charge on any atom is -0.343 e. The van der Waals surface area contributed by atoms with Gasteiger partial charge >= 0.3 is 0 Å². The van der Waals surface area contributed by atoms with Gasteiger partial charge in [-0.3, -0.25) is 4.79 Å². The van der Waals surface area contributed by atoms with Crippen LogP contribution in [0.25, 0.3) is 0 Å². The molecule has 1 amide bonds. The molecule has 1 aliphatic carbocycles. The molecule has 1 saturated carbocycles. The Morgan fingerprint density at radius 1 is 1.45 bits per heavy atom. The second-order valence-electron chi connectivity index (χ2n) is 2.67. The summed E-state index contributed by atoms with van der Waals surface area (Å²) in [5.41, 5.74) is 0. The number of amides is 1. The Kier molecular flexibility index (Phi) is 3.44. The average Bonchev–Trinajstić information content (AvgIpc) is 2.40. The molecule has 1 fully saturated rings. The van der Waals surface area contributed by atoms with Crippen LogP contribution in [-0.2, 0) is 4.79 Å². The fourth-order valence-electron chi connectivity index (χ4n) is 1.33. The summed E-state index contributed by atoms with van der Waals surface area (Å²) in [5, 5.41) is 2.84. The Morgan fingerprint density at radius 2 is 2.09 bits per heavy atom. The summed E-state index contributed by atoms with van der Waals surface area (Å²) >= 11 is 2.88. The average molecular weight is 216 g/mol. The van der Waals surface area contributed by atoms with Gasteiger partial charge in [0.15, 0.2) is 0 Å². The summed E-state index contributed by atoms with van der Waals surface area (Å²) in [7, 11) is 0. The van der Waals surface area contributed by atoms with Crippen molar-refractivity contribution >= 4 is 21.8 Å². The van der Waals surface area contributed by atoms with E-state index in [1.807, 2.05) is 0 Å². The lowest BCUT2D eigenvalue weighted by atomic mass is 10.2. The zero-order chi connectivity index (χ0) is 8.10. The van der Waals surface area contributed by atoms with Crippen molar-refractivity contribution in [1.82, 2.24) is 5.32 Å². The third kappa shape index (κ3) is 2.94. The normalized spacial score (nSPS) is 17.2. The SMILES string of the molecule is O=C(C#CBr)NC1CCCC1. The van der Waals surface area contributed by atoms with Gasteiger partial charge in [0.2, 0.25) is 0 Å². The Morgan fingerprint density at radius 3 is 2.64 bits per heavy atom. The van der Waals surface area contributed by atoms with Crippen LogP contribution in [0, 0.1) is 10.8 Å². The Bertz CT molecular complexity index is 198. The number of halogens is 1. The van der Waals surface area contributed by atoms with Gasteiger partial charge < -0.3 is 5.32 Å². The fourth-order valence-corrected chi connectivity index (χ4v) is 1.51. The van der Waals surface area contributed by atoms with Crippen LogP contribution in [0.2, 0.25) is 0 Å². The van der Waals surface area contributed by atoms with Crippen molar-refractivity contribution in [2.45, 2.75) is 31.7 Å². The first-order valence-electron chi connectivity index (χ1n) is 3.75. The van der Waals surface area contributed by atoms with Gasteiger partial charge in [0.1, 0.15) is 0 Å². The lowest BCUT2D eigenvalue weighted by molar-refractivity contribution is -0.116. The van der Waals surface area contributed by atoms with Crippen LogP contribution >= 0.6 is 15.9 Å². The predicted octanol–water partition coefficient (Wildman–Crippen LogP) is 1.40. The first kappa shape index (κ1) is 8.61. The topological polar surface area (TPSA) is 29.1 Å². The van der Waals surface area contributed by atoms with Gasteiger partial charge in [-0.15, -0.1) is 0 Å². The van der Waals surface area contributed by atoms with Gasteiger partial charge in [-0.1, -0.05) is 12.8 Å². The summed E-state index contributed by atoms with van der Waals surface area (Å²) in [6, 6.07) is 0.371. The van der Waals surface area contributed by atoms with E-state index in [4.69, 9.17) is 0 Å². The summed E-state index contributed by atoms with van der Waals surface area (Å²) < 4.78 is 0. The van der Waals surface area contributed by atoms with Gasteiger partial charge in [0, 0.05) is 27.9 Å². The van der Waals surface area contributed by atoms with E-state index in [-0.39, 0.29) is 5.91 Å². The van der Waals surface area contributed by atoms with Crippen LogP contribution in [0.4, 0.5) is 0 Å². The van der Waals surface area contributed by atoms with Crippen LogP contribution in [0.5, 0.6) is 0 Å². The fraction of sp³-hybridized carbons (Fsp3) is 0.625. The minimum absolute atomic E-state index is 0.172. The molecule has 0 unspecified atom stereocenters. The molecule has 60 valence electrons. The van der Waals surface area contributed by atoms with Crippen LogP contribution in [0.15, 0.2) is 0 Å². The second-order valence-corrected chi connectivity index (χ2v) is 3.07. The number of nitrogens with one attached hydrogen (secondary N) is 1. The maximum atomic E-state index is 10.9. The Labute approximate surface area is 74.9 Å². The molecule has 0 aliphatic heterocycles.